The highest BCUT2D eigenvalue weighted by atomic mass is 16.5. The van der Waals surface area contributed by atoms with Crippen LogP contribution in [0, 0.1) is 4.91 Å². The van der Waals surface area contributed by atoms with E-state index in [2.05, 4.69) is 15.4 Å². The van der Waals surface area contributed by atoms with E-state index >= 15 is 0 Å². The van der Waals surface area contributed by atoms with Crippen molar-refractivity contribution in [2.75, 3.05) is 44.7 Å². The summed E-state index contributed by atoms with van der Waals surface area (Å²) in [4.78, 5) is 13.4. The second-order valence-electron chi connectivity index (χ2n) is 5.15. The first kappa shape index (κ1) is 14.0. The number of benzene rings is 2. The van der Waals surface area contributed by atoms with Gasteiger partial charge in [0.05, 0.1) is 18.9 Å². The van der Waals surface area contributed by atoms with Crippen molar-refractivity contribution in [3.8, 4) is 0 Å². The van der Waals surface area contributed by atoms with E-state index < -0.39 is 0 Å². The molecule has 5 heteroatoms. The second-order valence-corrected chi connectivity index (χ2v) is 5.15. The predicted octanol–water partition coefficient (Wildman–Crippen LogP) is 2.98. The summed E-state index contributed by atoms with van der Waals surface area (Å²) in [5.74, 6) is 0. The lowest BCUT2D eigenvalue weighted by Crippen LogP contribution is -2.39. The number of anilines is 1. The maximum atomic E-state index is 11.0. The summed E-state index contributed by atoms with van der Waals surface area (Å²) >= 11 is 0. The molecule has 0 atom stereocenters. The summed E-state index contributed by atoms with van der Waals surface area (Å²) in [5, 5.41) is 8.67. The van der Waals surface area contributed by atoms with Gasteiger partial charge in [0.25, 0.3) is 0 Å². The van der Waals surface area contributed by atoms with Gasteiger partial charge in [-0.3, -0.25) is 4.90 Å². The summed E-state index contributed by atoms with van der Waals surface area (Å²) < 4.78 is 5.34. The fourth-order valence-electron chi connectivity index (χ4n) is 2.69. The van der Waals surface area contributed by atoms with Crippen molar-refractivity contribution < 1.29 is 4.74 Å². The van der Waals surface area contributed by atoms with E-state index in [-0.39, 0.29) is 0 Å². The first-order chi connectivity index (χ1) is 10.4. The fourth-order valence-corrected chi connectivity index (χ4v) is 2.69. The first-order valence-corrected chi connectivity index (χ1v) is 7.27. The quantitative estimate of drug-likeness (QED) is 0.858. The van der Waals surface area contributed by atoms with Crippen LogP contribution in [0.25, 0.3) is 10.8 Å². The number of rotatable bonds is 5. The van der Waals surface area contributed by atoms with E-state index in [1.807, 2.05) is 30.3 Å². The average molecular weight is 285 g/mol. The SMILES string of the molecule is O=Nc1ccc2ccccc2c1NCCN1CCOCC1. The van der Waals surface area contributed by atoms with Crippen LogP contribution in [0.4, 0.5) is 11.4 Å². The molecule has 2 aromatic carbocycles. The summed E-state index contributed by atoms with van der Waals surface area (Å²) in [7, 11) is 0. The van der Waals surface area contributed by atoms with Crippen molar-refractivity contribution >= 4 is 22.1 Å². The third kappa shape index (κ3) is 3.20. The summed E-state index contributed by atoms with van der Waals surface area (Å²) in [6.45, 7) is 5.26. The highest BCUT2D eigenvalue weighted by Crippen LogP contribution is 2.33. The summed E-state index contributed by atoms with van der Waals surface area (Å²) in [6, 6.07) is 11.7. The molecular weight excluding hydrogens is 266 g/mol. The van der Waals surface area contributed by atoms with Crippen LogP contribution in [0.5, 0.6) is 0 Å². The molecule has 0 radical (unpaired) electrons. The van der Waals surface area contributed by atoms with Crippen LogP contribution in [-0.4, -0.2) is 44.3 Å². The molecule has 2 aromatic rings. The molecule has 21 heavy (non-hydrogen) atoms. The molecule has 5 nitrogen and oxygen atoms in total. The zero-order valence-corrected chi connectivity index (χ0v) is 11.9. The monoisotopic (exact) mass is 285 g/mol. The van der Waals surface area contributed by atoms with Crippen LogP contribution in [0.2, 0.25) is 0 Å². The Morgan fingerprint density at radius 2 is 1.95 bits per heavy atom. The van der Waals surface area contributed by atoms with E-state index in [4.69, 9.17) is 4.74 Å². The van der Waals surface area contributed by atoms with Crippen LogP contribution in [0.3, 0.4) is 0 Å². The number of fused-ring (bicyclic) bond motifs is 1. The number of morpholine rings is 1. The molecule has 0 aliphatic carbocycles. The van der Waals surface area contributed by atoms with Crippen LogP contribution in [-0.2, 0) is 4.74 Å². The maximum Gasteiger partial charge on any atom is 0.131 e. The summed E-state index contributed by atoms with van der Waals surface area (Å²) in [5.41, 5.74) is 1.30. The van der Waals surface area contributed by atoms with E-state index in [1.165, 1.54) is 0 Å². The van der Waals surface area contributed by atoms with Crippen LogP contribution in [0.1, 0.15) is 0 Å². The van der Waals surface area contributed by atoms with Gasteiger partial charge in [0.15, 0.2) is 0 Å². The zero-order valence-electron chi connectivity index (χ0n) is 11.9. The molecule has 1 heterocycles. The topological polar surface area (TPSA) is 53.9 Å². The van der Waals surface area contributed by atoms with Crippen molar-refractivity contribution in [2.45, 2.75) is 0 Å². The van der Waals surface area contributed by atoms with Gasteiger partial charge in [-0.1, -0.05) is 30.3 Å². The van der Waals surface area contributed by atoms with E-state index in [1.54, 1.807) is 6.07 Å². The van der Waals surface area contributed by atoms with Crippen molar-refractivity contribution in [2.24, 2.45) is 5.18 Å². The minimum absolute atomic E-state index is 0.468. The molecule has 0 amide bonds. The number of nitroso groups, excluding NO2 is 1. The predicted molar refractivity (Wildman–Crippen MR) is 85.2 cm³/mol. The molecule has 0 aromatic heterocycles. The Balaban J connectivity index is 1.74. The normalized spacial score (nSPS) is 16.0. The Labute approximate surface area is 123 Å². The van der Waals surface area contributed by atoms with Gasteiger partial charge < -0.3 is 10.1 Å². The van der Waals surface area contributed by atoms with Gasteiger partial charge in [-0.15, -0.1) is 4.91 Å². The highest BCUT2D eigenvalue weighted by Gasteiger charge is 2.11. The van der Waals surface area contributed by atoms with Gasteiger partial charge >= 0.3 is 0 Å². The van der Waals surface area contributed by atoms with Crippen molar-refractivity contribution in [1.82, 2.24) is 4.90 Å². The minimum atomic E-state index is 0.468. The van der Waals surface area contributed by atoms with Gasteiger partial charge in [0.1, 0.15) is 5.69 Å². The molecule has 1 fully saturated rings. The van der Waals surface area contributed by atoms with E-state index in [0.29, 0.717) is 5.69 Å². The molecular formula is C16H19N3O2. The van der Waals surface area contributed by atoms with Crippen molar-refractivity contribution in [1.29, 1.82) is 0 Å². The Hall–Kier alpha value is -1.98. The lowest BCUT2D eigenvalue weighted by atomic mass is 10.1. The van der Waals surface area contributed by atoms with Crippen LogP contribution in [0.15, 0.2) is 41.6 Å². The molecule has 3 rings (SSSR count). The lowest BCUT2D eigenvalue weighted by molar-refractivity contribution is 0.0398. The molecule has 1 N–H and O–H groups in total. The van der Waals surface area contributed by atoms with Crippen LogP contribution >= 0.6 is 0 Å². The molecule has 110 valence electrons. The van der Waals surface area contributed by atoms with Crippen molar-refractivity contribution in [3.05, 3.63) is 41.3 Å². The number of hydrogen-bond donors (Lipinski definition) is 1. The molecule has 1 aliphatic heterocycles. The zero-order chi connectivity index (χ0) is 14.5. The van der Waals surface area contributed by atoms with Gasteiger partial charge in [0.2, 0.25) is 0 Å². The average Bonchev–Trinajstić information content (AvgIpc) is 2.56. The molecule has 0 unspecified atom stereocenters. The minimum Gasteiger partial charge on any atom is -0.381 e. The Morgan fingerprint density at radius 3 is 2.76 bits per heavy atom. The van der Waals surface area contributed by atoms with E-state index in [0.717, 1.165) is 55.9 Å². The third-order valence-electron chi connectivity index (χ3n) is 3.84. The molecule has 1 aliphatic rings. The van der Waals surface area contributed by atoms with Gasteiger partial charge in [-0.25, -0.2) is 0 Å². The van der Waals surface area contributed by atoms with Crippen molar-refractivity contribution in [3.63, 3.8) is 0 Å². The Bertz CT molecular complexity index is 624. The Morgan fingerprint density at radius 1 is 1.14 bits per heavy atom. The van der Waals surface area contributed by atoms with Crippen LogP contribution < -0.4 is 5.32 Å². The number of ether oxygens (including phenoxy) is 1. The molecule has 1 saturated heterocycles. The number of nitrogens with one attached hydrogen (secondary N) is 1. The standard InChI is InChI=1S/C16H19N3O2/c20-18-15-6-5-13-3-1-2-4-14(13)16(15)17-7-8-19-9-11-21-12-10-19/h1-6,17H,7-12H2. The lowest BCUT2D eigenvalue weighted by Gasteiger charge is -2.26. The molecule has 0 bridgehead atoms. The van der Waals surface area contributed by atoms with E-state index in [9.17, 15) is 4.91 Å². The van der Waals surface area contributed by atoms with Gasteiger partial charge in [-0.2, -0.15) is 0 Å². The third-order valence-corrected chi connectivity index (χ3v) is 3.84. The largest absolute Gasteiger partial charge is 0.381 e. The molecule has 0 saturated carbocycles. The number of hydrogen-bond acceptors (Lipinski definition) is 5. The second kappa shape index (κ2) is 6.65. The van der Waals surface area contributed by atoms with Gasteiger partial charge in [-0.05, 0) is 16.6 Å². The maximum absolute atomic E-state index is 11.0. The fraction of sp³-hybridized carbons (Fsp3) is 0.375. The highest BCUT2D eigenvalue weighted by molar-refractivity contribution is 5.99. The smallest absolute Gasteiger partial charge is 0.131 e. The summed E-state index contributed by atoms with van der Waals surface area (Å²) in [6.07, 6.45) is 0. The Kier molecular flexibility index (Phi) is 4.43. The number of nitrogens with zero attached hydrogens (tertiary/aromatic N) is 2. The van der Waals surface area contributed by atoms with Gasteiger partial charge in [0, 0.05) is 31.6 Å². The molecule has 0 spiro atoms. The first-order valence-electron chi connectivity index (χ1n) is 7.27.